The third-order valence-electron chi connectivity index (χ3n) is 4.96. The predicted octanol–water partition coefficient (Wildman–Crippen LogP) is 4.38. The number of aromatic nitrogens is 2. The van der Waals surface area contributed by atoms with E-state index in [4.69, 9.17) is 16.7 Å². The molecule has 1 aromatic heterocycles. The number of hydrogen-bond donors (Lipinski definition) is 1. The highest BCUT2D eigenvalue weighted by Crippen LogP contribution is 2.30. The minimum Gasteiger partial charge on any atom is -0.311 e. The highest BCUT2D eigenvalue weighted by atomic mass is 35.5. The Morgan fingerprint density at radius 2 is 2.00 bits per heavy atom. The molecule has 4 heteroatoms. The summed E-state index contributed by atoms with van der Waals surface area (Å²) in [6.07, 6.45) is 9.76. The van der Waals surface area contributed by atoms with Crippen molar-refractivity contribution in [2.75, 3.05) is 12.4 Å². The third-order valence-corrected chi connectivity index (χ3v) is 5.35. The summed E-state index contributed by atoms with van der Waals surface area (Å²) in [5.74, 6) is 2.27. The van der Waals surface area contributed by atoms with Crippen LogP contribution in [0.3, 0.4) is 0 Å². The maximum Gasteiger partial charge on any atom is 0.0762 e. The highest BCUT2D eigenvalue weighted by molar-refractivity contribution is 6.18. The summed E-state index contributed by atoms with van der Waals surface area (Å²) in [6.45, 7) is 6.40. The van der Waals surface area contributed by atoms with Crippen LogP contribution in [0.5, 0.6) is 0 Å². The maximum absolute atomic E-state index is 6.10. The van der Waals surface area contributed by atoms with Crippen molar-refractivity contribution in [2.24, 2.45) is 11.8 Å². The van der Waals surface area contributed by atoms with Crippen LogP contribution >= 0.6 is 11.6 Å². The monoisotopic (exact) mass is 311 g/mol. The summed E-state index contributed by atoms with van der Waals surface area (Å²) in [5.41, 5.74) is 1.15. The number of nitrogens with one attached hydrogen (secondary N) is 1. The van der Waals surface area contributed by atoms with Crippen LogP contribution in [0.25, 0.3) is 0 Å². The highest BCUT2D eigenvalue weighted by Gasteiger charge is 2.23. The topological polar surface area (TPSA) is 29.9 Å². The van der Waals surface area contributed by atoms with E-state index in [9.17, 15) is 0 Å². The van der Waals surface area contributed by atoms with Crippen molar-refractivity contribution in [3.8, 4) is 0 Å². The normalized spacial score (nSPS) is 22.9. The van der Waals surface area contributed by atoms with E-state index >= 15 is 0 Å². The minimum atomic E-state index is 0.540. The lowest BCUT2D eigenvalue weighted by molar-refractivity contribution is 0.250. The van der Waals surface area contributed by atoms with Crippen LogP contribution in [0.15, 0.2) is 12.3 Å². The first-order valence-corrected chi connectivity index (χ1v) is 9.12. The van der Waals surface area contributed by atoms with Crippen molar-refractivity contribution in [1.29, 1.82) is 0 Å². The molecule has 0 aromatic carbocycles. The summed E-state index contributed by atoms with van der Waals surface area (Å²) < 4.78 is 2.12. The molecule has 0 spiro atoms. The molecule has 2 atom stereocenters. The Morgan fingerprint density at radius 1 is 1.29 bits per heavy atom. The van der Waals surface area contributed by atoms with Gasteiger partial charge in [0.25, 0.3) is 0 Å². The first kappa shape index (κ1) is 16.8. The summed E-state index contributed by atoms with van der Waals surface area (Å²) in [5, 5.41) is 8.29. The van der Waals surface area contributed by atoms with Crippen LogP contribution in [-0.4, -0.2) is 22.2 Å². The molecule has 0 bridgehead atoms. The molecule has 1 aliphatic carbocycles. The van der Waals surface area contributed by atoms with Crippen molar-refractivity contribution in [3.05, 3.63) is 18.0 Å². The van der Waals surface area contributed by atoms with E-state index < -0.39 is 0 Å². The number of alkyl halides is 1. The van der Waals surface area contributed by atoms with Gasteiger partial charge < -0.3 is 5.32 Å². The zero-order valence-electron chi connectivity index (χ0n) is 13.5. The molecule has 21 heavy (non-hydrogen) atoms. The molecule has 2 rings (SSSR count). The summed E-state index contributed by atoms with van der Waals surface area (Å²) in [6, 6.07) is 2.68. The molecule has 120 valence electrons. The van der Waals surface area contributed by atoms with E-state index in [1.807, 2.05) is 0 Å². The molecule has 1 aromatic rings. The molecule has 1 N–H and O–H groups in total. The zero-order valence-corrected chi connectivity index (χ0v) is 14.3. The zero-order chi connectivity index (χ0) is 15.1. The van der Waals surface area contributed by atoms with E-state index in [-0.39, 0.29) is 0 Å². The van der Waals surface area contributed by atoms with Gasteiger partial charge in [0, 0.05) is 18.6 Å². The number of nitrogens with zero attached hydrogens (tertiary/aromatic N) is 2. The number of halogens is 1. The van der Waals surface area contributed by atoms with Gasteiger partial charge in [0.05, 0.1) is 11.7 Å². The van der Waals surface area contributed by atoms with Gasteiger partial charge in [0.2, 0.25) is 0 Å². The molecular formula is C17H30ClN3. The second-order valence-corrected chi connectivity index (χ2v) is 6.66. The lowest BCUT2D eigenvalue weighted by Gasteiger charge is -2.30. The Kier molecular flexibility index (Phi) is 7.05. The number of rotatable bonds is 8. The van der Waals surface area contributed by atoms with Crippen LogP contribution in [0.2, 0.25) is 0 Å². The van der Waals surface area contributed by atoms with Gasteiger partial charge in [-0.2, -0.15) is 5.10 Å². The van der Waals surface area contributed by atoms with Gasteiger partial charge in [-0.3, -0.25) is 4.68 Å². The first-order valence-electron chi connectivity index (χ1n) is 8.59. The lowest BCUT2D eigenvalue weighted by Crippen LogP contribution is -2.31. The second-order valence-electron chi connectivity index (χ2n) is 6.35. The molecule has 3 nitrogen and oxygen atoms in total. The van der Waals surface area contributed by atoms with Crippen LogP contribution in [0.4, 0.5) is 0 Å². The molecule has 1 heterocycles. The Morgan fingerprint density at radius 3 is 2.67 bits per heavy atom. The van der Waals surface area contributed by atoms with Gasteiger partial charge in [-0.05, 0) is 50.1 Å². The first-order chi connectivity index (χ1) is 10.3. The summed E-state index contributed by atoms with van der Waals surface area (Å²) in [4.78, 5) is 0. The molecule has 1 aliphatic rings. The standard InChI is InChI=1S/C17H30ClN3/c1-3-17(4-2)21-10-9-16(20-21)13-19-12-15-8-6-5-7-14(15)11-18/h9-10,14-15,17,19H,3-8,11-13H2,1-2H3. The van der Waals surface area contributed by atoms with Gasteiger partial charge in [-0.15, -0.1) is 11.6 Å². The molecule has 0 amide bonds. The lowest BCUT2D eigenvalue weighted by atomic mass is 9.80. The van der Waals surface area contributed by atoms with Crippen molar-refractivity contribution in [1.82, 2.24) is 15.1 Å². The van der Waals surface area contributed by atoms with Crippen LogP contribution in [0, 0.1) is 11.8 Å². The molecule has 2 unspecified atom stereocenters. The molecular weight excluding hydrogens is 282 g/mol. The van der Waals surface area contributed by atoms with Gasteiger partial charge >= 0.3 is 0 Å². The molecule has 1 saturated carbocycles. The van der Waals surface area contributed by atoms with E-state index in [1.54, 1.807) is 0 Å². The Balaban J connectivity index is 1.78. The SMILES string of the molecule is CCC(CC)n1ccc(CNCC2CCCCC2CCl)n1. The fourth-order valence-corrected chi connectivity index (χ4v) is 3.89. The van der Waals surface area contributed by atoms with Crippen molar-refractivity contribution in [3.63, 3.8) is 0 Å². The number of hydrogen-bond acceptors (Lipinski definition) is 2. The Bertz CT molecular complexity index is 400. The van der Waals surface area contributed by atoms with E-state index in [1.165, 1.54) is 25.7 Å². The van der Waals surface area contributed by atoms with Crippen LogP contribution in [0.1, 0.15) is 64.1 Å². The smallest absolute Gasteiger partial charge is 0.0762 e. The molecule has 0 saturated heterocycles. The van der Waals surface area contributed by atoms with Gasteiger partial charge in [0.15, 0.2) is 0 Å². The van der Waals surface area contributed by atoms with Crippen molar-refractivity contribution >= 4 is 11.6 Å². The largest absolute Gasteiger partial charge is 0.311 e. The predicted molar refractivity (Wildman–Crippen MR) is 89.7 cm³/mol. The van der Waals surface area contributed by atoms with Gasteiger partial charge in [-0.1, -0.05) is 26.7 Å². The third kappa shape index (κ3) is 4.72. The average Bonchev–Trinajstić information content (AvgIpc) is 2.98. The molecule has 1 fully saturated rings. The van der Waals surface area contributed by atoms with E-state index in [0.717, 1.165) is 43.4 Å². The summed E-state index contributed by atoms with van der Waals surface area (Å²) in [7, 11) is 0. The van der Waals surface area contributed by atoms with Crippen molar-refractivity contribution < 1.29 is 0 Å². The van der Waals surface area contributed by atoms with Crippen LogP contribution < -0.4 is 5.32 Å². The summed E-state index contributed by atoms with van der Waals surface area (Å²) >= 11 is 6.10. The van der Waals surface area contributed by atoms with Crippen LogP contribution in [-0.2, 0) is 6.54 Å². The van der Waals surface area contributed by atoms with Gasteiger partial charge in [0.1, 0.15) is 0 Å². The fraction of sp³-hybridized carbons (Fsp3) is 0.824. The average molecular weight is 312 g/mol. The van der Waals surface area contributed by atoms with E-state index in [0.29, 0.717) is 12.0 Å². The van der Waals surface area contributed by atoms with Crippen molar-refractivity contribution in [2.45, 2.75) is 65.0 Å². The molecule has 0 aliphatic heterocycles. The quantitative estimate of drug-likeness (QED) is 0.722. The van der Waals surface area contributed by atoms with E-state index in [2.05, 4.69) is 36.1 Å². The fourth-order valence-electron chi connectivity index (χ4n) is 3.48. The minimum absolute atomic E-state index is 0.540. The van der Waals surface area contributed by atoms with Gasteiger partial charge in [-0.25, -0.2) is 0 Å². The Labute approximate surface area is 134 Å². The molecule has 0 radical (unpaired) electrons. The second kappa shape index (κ2) is 8.79. The Hall–Kier alpha value is -0.540. The maximum atomic E-state index is 6.10.